The maximum Gasteiger partial charge on any atom is 0.416 e. The fraction of sp³-hybridized carbons (Fsp3) is 0.500. The molecule has 1 saturated heterocycles. The zero-order chi connectivity index (χ0) is 15.0. The normalized spacial score (nSPS) is 19.1. The van der Waals surface area contributed by atoms with E-state index in [-0.39, 0.29) is 36.7 Å². The number of alkyl halides is 3. The van der Waals surface area contributed by atoms with Crippen LogP contribution in [0.15, 0.2) is 18.2 Å². The van der Waals surface area contributed by atoms with E-state index in [0.29, 0.717) is 5.69 Å². The Morgan fingerprint density at radius 3 is 2.30 bits per heavy atom. The average Bonchev–Trinajstić information content (AvgIpc) is 2.37. The van der Waals surface area contributed by atoms with E-state index in [0.717, 1.165) is 6.07 Å². The van der Waals surface area contributed by atoms with Crippen LogP contribution in [0.3, 0.4) is 0 Å². The molecule has 2 N–H and O–H groups in total. The maximum absolute atomic E-state index is 12.9. The lowest BCUT2D eigenvalue weighted by Crippen LogP contribution is -2.40. The summed E-state index contributed by atoms with van der Waals surface area (Å²) in [5, 5.41) is 0. The Balaban J connectivity index is 2.30. The van der Waals surface area contributed by atoms with Crippen LogP contribution in [0.2, 0.25) is 0 Å². The van der Waals surface area contributed by atoms with Crippen LogP contribution in [-0.2, 0) is 22.6 Å². The molecule has 0 unspecified atom stereocenters. The minimum atomic E-state index is -4.47. The Morgan fingerprint density at radius 1 is 1.20 bits per heavy atom. The van der Waals surface area contributed by atoms with Gasteiger partial charge >= 0.3 is 6.18 Å². The second-order valence-electron chi connectivity index (χ2n) is 4.68. The molecule has 20 heavy (non-hydrogen) atoms. The summed E-state index contributed by atoms with van der Waals surface area (Å²) < 4.78 is 61.5. The third-order valence-electron chi connectivity index (χ3n) is 3.33. The van der Waals surface area contributed by atoms with Gasteiger partial charge in [-0.3, -0.25) is 0 Å². The van der Waals surface area contributed by atoms with Crippen LogP contribution in [0.4, 0.5) is 18.9 Å². The zero-order valence-corrected chi connectivity index (χ0v) is 11.5. The molecule has 0 radical (unpaired) electrons. The van der Waals surface area contributed by atoms with E-state index in [4.69, 9.17) is 5.73 Å². The van der Waals surface area contributed by atoms with Crippen molar-refractivity contribution >= 4 is 15.5 Å². The van der Waals surface area contributed by atoms with E-state index in [1.165, 1.54) is 6.07 Å². The lowest BCUT2D eigenvalue weighted by molar-refractivity contribution is -0.138. The number of halogens is 3. The lowest BCUT2D eigenvalue weighted by atomic mass is 10.1. The summed E-state index contributed by atoms with van der Waals surface area (Å²) in [4.78, 5) is 1.65. The Hall–Kier alpha value is -1.28. The van der Waals surface area contributed by atoms with Crippen LogP contribution in [0.25, 0.3) is 0 Å². The molecule has 1 aromatic rings. The van der Waals surface area contributed by atoms with Crippen LogP contribution in [0, 0.1) is 0 Å². The number of hydrogen-bond acceptors (Lipinski definition) is 4. The summed E-state index contributed by atoms with van der Waals surface area (Å²) in [6.07, 6.45) is -4.47. The molecule has 4 nitrogen and oxygen atoms in total. The number of rotatable bonds is 2. The monoisotopic (exact) mass is 308 g/mol. The maximum atomic E-state index is 12.9. The fourth-order valence-electron chi connectivity index (χ4n) is 2.17. The Bertz CT molecular complexity index is 585. The zero-order valence-electron chi connectivity index (χ0n) is 10.7. The standard InChI is InChI=1S/C12H15F3N2O2S/c13-12(14,15)11-7-10(2-1-9(11)8-16)17-3-5-20(18,19)6-4-17/h1-2,7H,3-6,8,16H2. The summed E-state index contributed by atoms with van der Waals surface area (Å²) in [5.74, 6) is -0.0695. The molecule has 0 aromatic heterocycles. The molecule has 112 valence electrons. The van der Waals surface area contributed by atoms with Gasteiger partial charge in [-0.05, 0) is 17.7 Å². The quantitative estimate of drug-likeness (QED) is 0.897. The molecule has 1 fully saturated rings. The molecule has 0 aliphatic carbocycles. The van der Waals surface area contributed by atoms with E-state index >= 15 is 0 Å². The Labute approximate surface area is 115 Å². The van der Waals surface area contributed by atoms with Gasteiger partial charge in [0.1, 0.15) is 0 Å². The molecule has 1 heterocycles. The number of anilines is 1. The second-order valence-corrected chi connectivity index (χ2v) is 6.99. The van der Waals surface area contributed by atoms with E-state index in [1.54, 1.807) is 11.0 Å². The van der Waals surface area contributed by atoms with Crippen LogP contribution >= 0.6 is 0 Å². The first-order valence-electron chi connectivity index (χ1n) is 6.08. The van der Waals surface area contributed by atoms with E-state index in [9.17, 15) is 21.6 Å². The summed E-state index contributed by atoms with van der Waals surface area (Å²) in [6.45, 7) is 0.229. The van der Waals surface area contributed by atoms with Gasteiger partial charge in [0.15, 0.2) is 9.84 Å². The highest BCUT2D eigenvalue weighted by Crippen LogP contribution is 2.34. The van der Waals surface area contributed by atoms with Gasteiger partial charge in [-0.1, -0.05) is 6.07 Å². The van der Waals surface area contributed by atoms with Crippen molar-refractivity contribution in [1.82, 2.24) is 0 Å². The van der Waals surface area contributed by atoms with Crippen molar-refractivity contribution in [1.29, 1.82) is 0 Å². The smallest absolute Gasteiger partial charge is 0.369 e. The molecular weight excluding hydrogens is 293 g/mol. The predicted octanol–water partition coefficient (Wildman–Crippen LogP) is 1.40. The Morgan fingerprint density at radius 2 is 1.80 bits per heavy atom. The van der Waals surface area contributed by atoms with Crippen molar-refractivity contribution in [3.05, 3.63) is 29.3 Å². The highest BCUT2D eigenvalue weighted by Gasteiger charge is 2.34. The lowest BCUT2D eigenvalue weighted by Gasteiger charge is -2.29. The SMILES string of the molecule is NCc1ccc(N2CCS(=O)(=O)CC2)cc1C(F)(F)F. The van der Waals surface area contributed by atoms with Crippen molar-refractivity contribution < 1.29 is 21.6 Å². The van der Waals surface area contributed by atoms with Crippen LogP contribution in [0.5, 0.6) is 0 Å². The average molecular weight is 308 g/mol. The Kier molecular flexibility index (Phi) is 3.97. The highest BCUT2D eigenvalue weighted by atomic mass is 32.2. The molecule has 8 heteroatoms. The summed E-state index contributed by atoms with van der Waals surface area (Å²) in [7, 11) is -3.06. The molecule has 1 aromatic carbocycles. The summed E-state index contributed by atoms with van der Waals surface area (Å²) in [6, 6.07) is 3.94. The van der Waals surface area contributed by atoms with Crippen LogP contribution in [0.1, 0.15) is 11.1 Å². The van der Waals surface area contributed by atoms with Crippen molar-refractivity contribution in [2.75, 3.05) is 29.5 Å². The van der Waals surface area contributed by atoms with Gasteiger partial charge in [0.25, 0.3) is 0 Å². The van der Waals surface area contributed by atoms with Gasteiger partial charge < -0.3 is 10.6 Å². The van der Waals surface area contributed by atoms with E-state index in [1.807, 2.05) is 0 Å². The summed E-state index contributed by atoms with van der Waals surface area (Å²) >= 11 is 0. The molecule has 2 rings (SSSR count). The molecule has 0 atom stereocenters. The van der Waals surface area contributed by atoms with Crippen molar-refractivity contribution in [2.24, 2.45) is 5.73 Å². The van der Waals surface area contributed by atoms with Crippen molar-refractivity contribution in [2.45, 2.75) is 12.7 Å². The van der Waals surface area contributed by atoms with Gasteiger partial charge in [-0.2, -0.15) is 13.2 Å². The van der Waals surface area contributed by atoms with Crippen molar-refractivity contribution in [3.63, 3.8) is 0 Å². The third-order valence-corrected chi connectivity index (χ3v) is 4.94. The fourth-order valence-corrected chi connectivity index (χ4v) is 3.37. The topological polar surface area (TPSA) is 63.4 Å². The van der Waals surface area contributed by atoms with E-state index < -0.39 is 21.6 Å². The molecule has 1 aliphatic heterocycles. The van der Waals surface area contributed by atoms with Crippen molar-refractivity contribution in [3.8, 4) is 0 Å². The number of sulfone groups is 1. The first-order valence-corrected chi connectivity index (χ1v) is 7.90. The predicted molar refractivity (Wildman–Crippen MR) is 70.2 cm³/mol. The van der Waals surface area contributed by atoms with Gasteiger partial charge in [-0.25, -0.2) is 8.42 Å². The first-order chi connectivity index (χ1) is 9.23. The molecular formula is C12H15F3N2O2S. The molecule has 1 aliphatic rings. The minimum Gasteiger partial charge on any atom is -0.369 e. The largest absolute Gasteiger partial charge is 0.416 e. The number of benzene rings is 1. The van der Waals surface area contributed by atoms with Gasteiger partial charge in [0.05, 0.1) is 17.1 Å². The summed E-state index contributed by atoms with van der Waals surface area (Å²) in [5.41, 5.74) is 4.97. The number of nitrogens with two attached hydrogens (primary N) is 1. The molecule has 0 saturated carbocycles. The van der Waals surface area contributed by atoms with Gasteiger partial charge in [0.2, 0.25) is 0 Å². The highest BCUT2D eigenvalue weighted by molar-refractivity contribution is 7.91. The molecule has 0 bridgehead atoms. The third kappa shape index (κ3) is 3.24. The number of hydrogen-bond donors (Lipinski definition) is 1. The van der Waals surface area contributed by atoms with Gasteiger partial charge in [-0.15, -0.1) is 0 Å². The molecule has 0 spiro atoms. The van der Waals surface area contributed by atoms with Crippen LogP contribution in [-0.4, -0.2) is 33.0 Å². The first kappa shape index (κ1) is 15.1. The van der Waals surface area contributed by atoms with E-state index in [2.05, 4.69) is 0 Å². The second kappa shape index (κ2) is 5.25. The van der Waals surface area contributed by atoms with Crippen LogP contribution < -0.4 is 10.6 Å². The van der Waals surface area contributed by atoms with Gasteiger partial charge in [0, 0.05) is 25.3 Å². The molecule has 0 amide bonds. The number of nitrogens with zero attached hydrogens (tertiary/aromatic N) is 1. The minimum absolute atomic E-state index is 0.0332.